The van der Waals surface area contributed by atoms with Crippen molar-refractivity contribution >= 4 is 32.6 Å². The van der Waals surface area contributed by atoms with Crippen molar-refractivity contribution < 1.29 is 0 Å². The van der Waals surface area contributed by atoms with E-state index < -0.39 is 5.41 Å². The van der Waals surface area contributed by atoms with E-state index in [2.05, 4.69) is 217 Å². The van der Waals surface area contributed by atoms with Crippen LogP contribution in [0.4, 0.5) is 0 Å². The highest BCUT2D eigenvalue weighted by Gasteiger charge is 2.53. The lowest BCUT2D eigenvalue weighted by atomic mass is 9.69. The monoisotopic (exact) mass is 838 g/mol. The van der Waals surface area contributed by atoms with Gasteiger partial charge in [0.05, 0.1) is 16.4 Å². The first kappa shape index (κ1) is 36.7. The van der Waals surface area contributed by atoms with Crippen molar-refractivity contribution in [2.45, 2.75) is 5.41 Å². The molecule has 0 aliphatic heterocycles. The quantitative estimate of drug-likeness (QED) is 0.173. The summed E-state index contributed by atoms with van der Waals surface area (Å²) in [6.45, 7) is 0. The van der Waals surface area contributed by atoms with Gasteiger partial charge in [-0.2, -0.15) is 0 Å². The molecule has 0 radical (unpaired) electrons. The topological polar surface area (TPSA) is 43.6 Å². The number of hydrogen-bond acceptors (Lipinski definition) is 3. The third kappa shape index (κ3) is 5.18. The molecule has 2 aromatic heterocycles. The predicted octanol–water partition coefficient (Wildman–Crippen LogP) is 15.1. The van der Waals surface area contributed by atoms with Crippen LogP contribution in [0.1, 0.15) is 22.3 Å². The van der Waals surface area contributed by atoms with Crippen molar-refractivity contribution in [3.05, 3.63) is 253 Å². The zero-order chi connectivity index (χ0) is 43.3. The summed E-state index contributed by atoms with van der Waals surface area (Å²) in [6, 6.07) is 83.3. The molecule has 1 spiro atoms. The summed E-state index contributed by atoms with van der Waals surface area (Å²) in [5.41, 5.74) is 18.6. The van der Waals surface area contributed by atoms with Crippen LogP contribution in [0.15, 0.2) is 231 Å². The zero-order valence-electron chi connectivity index (χ0n) is 35.7. The van der Waals surface area contributed by atoms with Gasteiger partial charge in [0, 0.05) is 33.2 Å². The molecule has 4 heteroatoms. The molecule has 0 amide bonds. The molecule has 0 unspecified atom stereocenters. The molecule has 0 atom stereocenters. The average Bonchev–Trinajstić information content (AvgIpc) is 4.01. The van der Waals surface area contributed by atoms with Gasteiger partial charge < -0.3 is 4.57 Å². The van der Waals surface area contributed by atoms with E-state index in [0.29, 0.717) is 17.5 Å². The minimum Gasteiger partial charge on any atom is -0.309 e. The summed E-state index contributed by atoms with van der Waals surface area (Å²) in [5, 5.41) is 4.95. The van der Waals surface area contributed by atoms with Gasteiger partial charge in [0.15, 0.2) is 17.5 Å². The Morgan fingerprint density at radius 3 is 1.44 bits per heavy atom. The molecule has 12 aromatic rings. The first-order valence-corrected chi connectivity index (χ1v) is 22.6. The normalized spacial score (nSPS) is 13.0. The lowest BCUT2D eigenvalue weighted by Crippen LogP contribution is -2.26. The summed E-state index contributed by atoms with van der Waals surface area (Å²) in [7, 11) is 0. The summed E-state index contributed by atoms with van der Waals surface area (Å²) >= 11 is 0. The minimum atomic E-state index is -0.456. The molecule has 0 bridgehead atoms. The van der Waals surface area contributed by atoms with Gasteiger partial charge >= 0.3 is 0 Å². The second kappa shape index (κ2) is 14.1. The van der Waals surface area contributed by atoms with Crippen molar-refractivity contribution in [3.63, 3.8) is 0 Å². The van der Waals surface area contributed by atoms with Crippen molar-refractivity contribution in [1.82, 2.24) is 19.5 Å². The van der Waals surface area contributed by atoms with E-state index >= 15 is 0 Å². The molecule has 10 aromatic carbocycles. The Labute approximate surface area is 381 Å². The van der Waals surface area contributed by atoms with Crippen LogP contribution in [0.3, 0.4) is 0 Å². The molecule has 4 nitrogen and oxygen atoms in total. The molecule has 0 N–H and O–H groups in total. The Morgan fingerprint density at radius 2 is 0.788 bits per heavy atom. The number of hydrogen-bond donors (Lipinski definition) is 0. The lowest BCUT2D eigenvalue weighted by molar-refractivity contribution is 0.801. The van der Waals surface area contributed by atoms with E-state index in [1.165, 1.54) is 71.6 Å². The van der Waals surface area contributed by atoms with Gasteiger partial charge in [-0.05, 0) is 96.7 Å². The fourth-order valence-electron chi connectivity index (χ4n) is 11.3. The van der Waals surface area contributed by atoms with E-state index in [9.17, 15) is 0 Å². The van der Waals surface area contributed by atoms with Crippen LogP contribution in [0.2, 0.25) is 0 Å². The number of rotatable bonds is 5. The van der Waals surface area contributed by atoms with Crippen LogP contribution in [0.25, 0.3) is 106 Å². The highest BCUT2D eigenvalue weighted by atomic mass is 15.0. The van der Waals surface area contributed by atoms with Crippen molar-refractivity contribution in [3.8, 4) is 73.2 Å². The van der Waals surface area contributed by atoms with Crippen LogP contribution in [-0.2, 0) is 5.41 Å². The first-order chi connectivity index (χ1) is 32.7. The molecular formula is C62H38N4. The number of para-hydroxylation sites is 2. The summed E-state index contributed by atoms with van der Waals surface area (Å²) in [4.78, 5) is 15.5. The Kier molecular flexibility index (Phi) is 7.87. The number of fused-ring (bicyclic) bond motifs is 15. The number of aromatic nitrogens is 4. The molecular weight excluding hydrogens is 801 g/mol. The number of nitrogens with zero attached hydrogens (tertiary/aromatic N) is 4. The van der Waals surface area contributed by atoms with Crippen molar-refractivity contribution in [1.29, 1.82) is 0 Å². The molecule has 14 rings (SSSR count). The van der Waals surface area contributed by atoms with Gasteiger partial charge in [0.25, 0.3) is 0 Å². The molecule has 2 heterocycles. The van der Waals surface area contributed by atoms with Crippen LogP contribution in [0, 0.1) is 0 Å². The minimum absolute atomic E-state index is 0.456. The van der Waals surface area contributed by atoms with Crippen LogP contribution >= 0.6 is 0 Å². The van der Waals surface area contributed by atoms with Gasteiger partial charge in [-0.15, -0.1) is 0 Å². The summed E-state index contributed by atoms with van der Waals surface area (Å²) < 4.78 is 2.33. The Balaban J connectivity index is 0.938. The molecule has 0 fully saturated rings. The van der Waals surface area contributed by atoms with Gasteiger partial charge in [-0.3, -0.25) is 0 Å². The second-order valence-electron chi connectivity index (χ2n) is 17.5. The third-order valence-corrected chi connectivity index (χ3v) is 14.0. The molecule has 306 valence electrons. The van der Waals surface area contributed by atoms with Gasteiger partial charge in [-0.25, -0.2) is 15.0 Å². The van der Waals surface area contributed by atoms with Gasteiger partial charge in [-0.1, -0.05) is 200 Å². The van der Waals surface area contributed by atoms with Crippen molar-refractivity contribution in [2.24, 2.45) is 0 Å². The Hall–Kier alpha value is -8.73. The van der Waals surface area contributed by atoms with Crippen LogP contribution in [0.5, 0.6) is 0 Å². The van der Waals surface area contributed by atoms with Gasteiger partial charge in [0.1, 0.15) is 0 Å². The van der Waals surface area contributed by atoms with Crippen LogP contribution in [-0.4, -0.2) is 19.5 Å². The van der Waals surface area contributed by atoms with E-state index in [1.807, 2.05) is 18.2 Å². The SMILES string of the molecule is c1ccc(-c2nc(-c3ccc(-c4cc5ccccc5c5c4-c4ccccc4C54c5ccccc5-c5ccccc54)cc3)nc(-c3cccc(-n4c5ccccc5c5ccccc54)c3)n2)cc1. The molecule has 2 aliphatic rings. The predicted molar refractivity (Wildman–Crippen MR) is 270 cm³/mol. The smallest absolute Gasteiger partial charge is 0.164 e. The fourth-order valence-corrected chi connectivity index (χ4v) is 11.3. The molecule has 0 saturated heterocycles. The summed E-state index contributed by atoms with van der Waals surface area (Å²) in [5.74, 6) is 1.88. The van der Waals surface area contributed by atoms with Crippen molar-refractivity contribution in [2.75, 3.05) is 0 Å². The Bertz CT molecular complexity index is 3840. The average molecular weight is 839 g/mol. The maximum Gasteiger partial charge on any atom is 0.164 e. The third-order valence-electron chi connectivity index (χ3n) is 14.0. The van der Waals surface area contributed by atoms with E-state index in [0.717, 1.165) is 39.0 Å². The molecule has 2 aliphatic carbocycles. The molecule has 66 heavy (non-hydrogen) atoms. The highest BCUT2D eigenvalue weighted by Crippen LogP contribution is 2.65. The standard InChI is InChI=1S/C62H38N4/c1-2-17-40(18-3-1)59-63-60(65-61(64-59)43-20-16-21-44(37-43)66-55-31-14-9-25-48(55)49-26-10-15-32-56(49)66)41-35-33-39(34-36-41)51-38-42-19-4-5-22-45(42)58-57(51)50-27-8-13-30-54(50)62(58)52-28-11-6-23-46(52)47-24-7-12-29-53(47)62/h1-38H. The van der Waals surface area contributed by atoms with Gasteiger partial charge in [0.2, 0.25) is 0 Å². The molecule has 0 saturated carbocycles. The Morgan fingerprint density at radius 1 is 0.318 bits per heavy atom. The maximum absolute atomic E-state index is 5.24. The van der Waals surface area contributed by atoms with Crippen LogP contribution < -0.4 is 0 Å². The second-order valence-corrected chi connectivity index (χ2v) is 17.5. The fraction of sp³-hybridized carbons (Fsp3) is 0.0161. The largest absolute Gasteiger partial charge is 0.309 e. The summed E-state index contributed by atoms with van der Waals surface area (Å²) in [6.07, 6.45) is 0. The van der Waals surface area contributed by atoms with E-state index in [1.54, 1.807) is 0 Å². The number of benzene rings is 10. The first-order valence-electron chi connectivity index (χ1n) is 22.6. The maximum atomic E-state index is 5.24. The lowest BCUT2D eigenvalue weighted by Gasteiger charge is -2.31. The zero-order valence-corrected chi connectivity index (χ0v) is 35.7. The van der Waals surface area contributed by atoms with E-state index in [-0.39, 0.29) is 0 Å². The highest BCUT2D eigenvalue weighted by molar-refractivity contribution is 6.10. The van der Waals surface area contributed by atoms with E-state index in [4.69, 9.17) is 15.0 Å².